The minimum Gasteiger partial charge on any atom is -0.452 e. The zero-order chi connectivity index (χ0) is 24.6. The van der Waals surface area contributed by atoms with Crippen LogP contribution in [0.1, 0.15) is 23.2 Å². The molecule has 0 aromatic heterocycles. The number of rotatable bonds is 5. The van der Waals surface area contributed by atoms with Crippen molar-refractivity contribution in [1.82, 2.24) is 0 Å². The largest absolute Gasteiger partial charge is 0.452 e. The van der Waals surface area contributed by atoms with Gasteiger partial charge in [-0.1, -0.05) is 17.7 Å². The zero-order valence-corrected chi connectivity index (χ0v) is 21.3. The van der Waals surface area contributed by atoms with Crippen LogP contribution in [0.2, 0.25) is 5.02 Å². The maximum Gasteiger partial charge on any atom is 0.338 e. The van der Waals surface area contributed by atoms with Gasteiger partial charge in [0.05, 0.1) is 38.9 Å². The van der Waals surface area contributed by atoms with Gasteiger partial charge in [0.25, 0.3) is 5.91 Å². The highest BCUT2D eigenvalue weighted by atomic mass is 79.9. The van der Waals surface area contributed by atoms with Crippen molar-refractivity contribution in [2.75, 3.05) is 16.8 Å². The van der Waals surface area contributed by atoms with Crippen molar-refractivity contribution in [1.29, 1.82) is 0 Å². The van der Waals surface area contributed by atoms with E-state index in [4.69, 9.17) is 39.5 Å². The Kier molecular flexibility index (Phi) is 7.52. The lowest BCUT2D eigenvalue weighted by Gasteiger charge is -2.28. The number of ether oxygens (including phenoxy) is 1. The monoisotopic (exact) mass is 586 g/mol. The predicted octanol–water partition coefficient (Wildman–Crippen LogP) is 5.01. The van der Waals surface area contributed by atoms with Crippen LogP contribution in [-0.4, -0.2) is 41.1 Å². The summed E-state index contributed by atoms with van der Waals surface area (Å²) in [5, 5.41) is 2.22. The van der Waals surface area contributed by atoms with Crippen LogP contribution in [0.15, 0.2) is 46.9 Å². The highest BCUT2D eigenvalue weighted by Crippen LogP contribution is 2.43. The first-order valence-corrected chi connectivity index (χ1v) is 12.4. The molecule has 0 spiro atoms. The van der Waals surface area contributed by atoms with Crippen LogP contribution in [0.4, 0.5) is 11.4 Å². The molecule has 11 heteroatoms. The van der Waals surface area contributed by atoms with Gasteiger partial charge in [0.15, 0.2) is 6.61 Å². The third kappa shape index (κ3) is 5.10. The van der Waals surface area contributed by atoms with Gasteiger partial charge in [0.1, 0.15) is 0 Å². The van der Waals surface area contributed by atoms with Crippen LogP contribution in [-0.2, 0) is 19.1 Å². The molecule has 1 aliphatic carbocycles. The van der Waals surface area contributed by atoms with Crippen LogP contribution < -0.4 is 10.2 Å². The molecular formula is C23H18BrCl3N2O5. The highest BCUT2D eigenvalue weighted by molar-refractivity contribution is 9.10. The molecule has 34 heavy (non-hydrogen) atoms. The molecule has 1 aliphatic heterocycles. The Morgan fingerprint density at radius 2 is 1.68 bits per heavy atom. The molecule has 1 saturated heterocycles. The summed E-state index contributed by atoms with van der Waals surface area (Å²) in [4.78, 5) is 51.6. The number of imide groups is 1. The molecule has 4 rings (SSSR count). The number of fused-ring (bicyclic) bond motifs is 1. The van der Waals surface area contributed by atoms with E-state index in [0.29, 0.717) is 28.0 Å². The average Bonchev–Trinajstić information content (AvgIpc) is 3.04. The van der Waals surface area contributed by atoms with E-state index in [1.54, 1.807) is 24.3 Å². The second-order valence-electron chi connectivity index (χ2n) is 8.03. The number of benzene rings is 2. The Morgan fingerprint density at radius 1 is 1.03 bits per heavy atom. The number of esters is 1. The summed E-state index contributed by atoms with van der Waals surface area (Å²) in [5.41, 5.74) is 0.796. The summed E-state index contributed by atoms with van der Waals surface area (Å²) in [5.74, 6) is -3.11. The lowest BCUT2D eigenvalue weighted by Crippen LogP contribution is -2.34. The van der Waals surface area contributed by atoms with Gasteiger partial charge < -0.3 is 10.1 Å². The minimum absolute atomic E-state index is 0.0953. The Balaban J connectivity index is 1.41. The quantitative estimate of drug-likeness (QED) is 0.301. The Hall–Kier alpha value is -2.13. The first-order valence-electron chi connectivity index (χ1n) is 10.3. The number of nitrogens with one attached hydrogen (secondary N) is 1. The molecule has 1 heterocycles. The molecule has 1 saturated carbocycles. The Labute approximate surface area is 218 Å². The molecule has 2 fully saturated rings. The van der Waals surface area contributed by atoms with E-state index >= 15 is 0 Å². The molecule has 3 amide bonds. The second-order valence-corrected chi connectivity index (χ2v) is 10.4. The summed E-state index contributed by atoms with van der Waals surface area (Å²) in [6, 6.07) is 10.8. The van der Waals surface area contributed by atoms with Crippen molar-refractivity contribution < 1.29 is 23.9 Å². The van der Waals surface area contributed by atoms with Crippen LogP contribution in [0, 0.1) is 11.8 Å². The molecule has 0 unspecified atom stereocenters. The summed E-state index contributed by atoms with van der Waals surface area (Å²) in [6.45, 7) is -0.531. The normalized spacial score (nSPS) is 24.1. The first kappa shape index (κ1) is 25.0. The Bertz CT molecular complexity index is 1150. The van der Waals surface area contributed by atoms with Gasteiger partial charge in [-0.25, -0.2) is 4.79 Å². The molecular weight excluding hydrogens is 571 g/mol. The highest BCUT2D eigenvalue weighted by Gasteiger charge is 2.52. The predicted molar refractivity (Wildman–Crippen MR) is 132 cm³/mol. The number of anilines is 2. The zero-order valence-electron chi connectivity index (χ0n) is 17.5. The topological polar surface area (TPSA) is 92.8 Å². The first-order chi connectivity index (χ1) is 16.2. The Morgan fingerprint density at radius 3 is 2.29 bits per heavy atom. The number of amides is 3. The van der Waals surface area contributed by atoms with Crippen LogP contribution in [0.3, 0.4) is 0 Å². The van der Waals surface area contributed by atoms with Crippen molar-refractivity contribution in [2.24, 2.45) is 11.8 Å². The van der Waals surface area contributed by atoms with E-state index in [9.17, 15) is 19.2 Å². The van der Waals surface area contributed by atoms with E-state index in [2.05, 4.69) is 21.2 Å². The van der Waals surface area contributed by atoms with Crippen molar-refractivity contribution in [3.8, 4) is 0 Å². The molecule has 178 valence electrons. The molecule has 0 radical (unpaired) electrons. The smallest absolute Gasteiger partial charge is 0.338 e. The number of carbonyl (C=O) groups is 4. The number of nitrogens with zero attached hydrogens (tertiary/aromatic N) is 1. The van der Waals surface area contributed by atoms with E-state index in [-0.39, 0.29) is 33.8 Å². The molecule has 2 aromatic rings. The number of halogens is 4. The molecule has 7 nitrogen and oxygen atoms in total. The van der Waals surface area contributed by atoms with Crippen molar-refractivity contribution in [3.63, 3.8) is 0 Å². The molecule has 4 atom stereocenters. The van der Waals surface area contributed by atoms with Gasteiger partial charge in [-0.15, -0.1) is 23.2 Å². The van der Waals surface area contributed by atoms with Gasteiger partial charge >= 0.3 is 5.97 Å². The van der Waals surface area contributed by atoms with E-state index in [1.807, 2.05) is 0 Å². The third-order valence-corrected chi connectivity index (χ3v) is 8.12. The molecule has 0 bridgehead atoms. The number of hydrogen-bond donors (Lipinski definition) is 1. The fourth-order valence-electron chi connectivity index (χ4n) is 4.11. The fraction of sp³-hybridized carbons (Fsp3) is 0.304. The molecule has 2 aromatic carbocycles. The lowest BCUT2D eigenvalue weighted by molar-refractivity contribution is -0.122. The van der Waals surface area contributed by atoms with Crippen LogP contribution >= 0.6 is 50.7 Å². The van der Waals surface area contributed by atoms with E-state index in [1.165, 1.54) is 18.2 Å². The van der Waals surface area contributed by atoms with Crippen molar-refractivity contribution >= 4 is 85.8 Å². The van der Waals surface area contributed by atoms with Gasteiger partial charge in [-0.05, 0) is 65.2 Å². The van der Waals surface area contributed by atoms with Gasteiger partial charge in [0, 0.05) is 10.2 Å². The minimum atomic E-state index is -0.774. The summed E-state index contributed by atoms with van der Waals surface area (Å²) < 4.78 is 5.77. The standard InChI is InChI=1S/C23H18BrCl3N2O5/c24-16-5-4-12(7-17(16)25)28-20(30)10-34-23(33)11-2-1-3-13(6-11)29-21(31)14-8-18(26)19(27)9-15(14)22(29)32/h1-7,14-15,18-19H,8-10H2,(H,28,30)/t14-,15-,18+,19+/m1/s1. The van der Waals surface area contributed by atoms with Gasteiger partial charge in [-0.2, -0.15) is 0 Å². The van der Waals surface area contributed by atoms with Crippen molar-refractivity contribution in [3.05, 3.63) is 57.5 Å². The maximum absolute atomic E-state index is 12.9. The second kappa shape index (κ2) is 10.2. The van der Waals surface area contributed by atoms with Gasteiger partial charge in [-0.3, -0.25) is 19.3 Å². The lowest BCUT2D eigenvalue weighted by atomic mass is 9.80. The number of alkyl halides is 2. The van der Waals surface area contributed by atoms with E-state index in [0.717, 1.165) is 4.90 Å². The van der Waals surface area contributed by atoms with Gasteiger partial charge in [0.2, 0.25) is 11.8 Å². The number of carbonyl (C=O) groups excluding carboxylic acids is 4. The summed E-state index contributed by atoms with van der Waals surface area (Å²) in [6.07, 6.45) is 0.643. The van der Waals surface area contributed by atoms with E-state index < -0.39 is 30.3 Å². The van der Waals surface area contributed by atoms with Crippen LogP contribution in [0.25, 0.3) is 0 Å². The number of hydrogen-bond acceptors (Lipinski definition) is 5. The summed E-state index contributed by atoms with van der Waals surface area (Å²) in [7, 11) is 0. The maximum atomic E-state index is 12.9. The molecule has 1 N–H and O–H groups in total. The average molecular weight is 589 g/mol. The molecule has 2 aliphatic rings. The summed E-state index contributed by atoms with van der Waals surface area (Å²) >= 11 is 21.7. The third-order valence-electron chi connectivity index (χ3n) is 5.79. The van der Waals surface area contributed by atoms with Crippen molar-refractivity contribution in [2.45, 2.75) is 23.6 Å². The fourth-order valence-corrected chi connectivity index (χ4v) is 5.12. The SMILES string of the molecule is O=C(COC(=O)c1cccc(N2C(=O)[C@@H]3C[C@H](Cl)[C@@H](Cl)C[C@H]3C2=O)c1)Nc1ccc(Br)c(Cl)c1. The van der Waals surface area contributed by atoms with Crippen LogP contribution in [0.5, 0.6) is 0 Å².